The summed E-state index contributed by atoms with van der Waals surface area (Å²) in [6.07, 6.45) is 0.427. The van der Waals surface area contributed by atoms with E-state index in [1.54, 1.807) is 21.3 Å². The van der Waals surface area contributed by atoms with Crippen LogP contribution < -0.4 is 0 Å². The van der Waals surface area contributed by atoms with Crippen LogP contribution in [-0.4, -0.2) is 27.6 Å². The van der Waals surface area contributed by atoms with Gasteiger partial charge in [-0.1, -0.05) is 18.2 Å². The molecule has 4 heteroatoms. The van der Waals surface area contributed by atoms with Crippen molar-refractivity contribution < 1.29 is 9.47 Å². The third kappa shape index (κ3) is 3.12. The van der Waals surface area contributed by atoms with Crippen LogP contribution in [0.3, 0.4) is 0 Å². The fourth-order valence-electron chi connectivity index (χ4n) is 1.57. The Morgan fingerprint density at radius 3 is 2.50 bits per heavy atom. The molecule has 0 aliphatic rings. The van der Waals surface area contributed by atoms with Gasteiger partial charge in [-0.05, 0) is 18.1 Å². The molecule has 0 fully saturated rings. The molecule has 0 saturated carbocycles. The van der Waals surface area contributed by atoms with Gasteiger partial charge in [-0.2, -0.15) is 10.2 Å². The van der Waals surface area contributed by atoms with Crippen LogP contribution in [-0.2, 0) is 15.9 Å². The van der Waals surface area contributed by atoms with Gasteiger partial charge in [-0.25, -0.2) is 0 Å². The normalized spacial score (nSPS) is 11.6. The number of azo groups is 1. The summed E-state index contributed by atoms with van der Waals surface area (Å²) in [5.74, 6) is 0. The molecule has 0 saturated heterocycles. The van der Waals surface area contributed by atoms with Crippen molar-refractivity contribution in [2.45, 2.75) is 19.6 Å². The molecule has 0 aliphatic carbocycles. The van der Waals surface area contributed by atoms with Crippen LogP contribution in [0.25, 0.3) is 0 Å². The maximum atomic E-state index is 5.18. The molecule has 0 unspecified atom stereocenters. The molecule has 4 nitrogen and oxygen atoms in total. The van der Waals surface area contributed by atoms with Gasteiger partial charge in [0.15, 0.2) is 6.29 Å². The molecule has 0 bridgehead atoms. The van der Waals surface area contributed by atoms with Gasteiger partial charge in [0.25, 0.3) is 0 Å². The number of methoxy groups -OCH3 is 2. The van der Waals surface area contributed by atoms with E-state index < -0.39 is 0 Å². The largest absolute Gasteiger partial charge is 0.356 e. The third-order valence-corrected chi connectivity index (χ3v) is 2.43. The van der Waals surface area contributed by atoms with E-state index in [1.165, 1.54) is 0 Å². The lowest BCUT2D eigenvalue weighted by atomic mass is 10.1. The Kier molecular flexibility index (Phi) is 5.08. The van der Waals surface area contributed by atoms with E-state index in [1.807, 2.05) is 25.1 Å². The SMILES string of the molecule is CN=Nc1c(C)cccc1CC(OC)OC. The van der Waals surface area contributed by atoms with Gasteiger partial charge >= 0.3 is 0 Å². The van der Waals surface area contributed by atoms with Crippen molar-refractivity contribution in [1.82, 2.24) is 0 Å². The zero-order valence-corrected chi connectivity index (χ0v) is 10.2. The van der Waals surface area contributed by atoms with Crippen LogP contribution in [0.4, 0.5) is 5.69 Å². The average Bonchev–Trinajstić information content (AvgIpc) is 2.30. The van der Waals surface area contributed by atoms with Crippen molar-refractivity contribution in [3.63, 3.8) is 0 Å². The molecule has 0 radical (unpaired) electrons. The number of hydrogen-bond acceptors (Lipinski definition) is 4. The summed E-state index contributed by atoms with van der Waals surface area (Å²) in [5, 5.41) is 7.97. The Morgan fingerprint density at radius 2 is 1.94 bits per heavy atom. The summed E-state index contributed by atoms with van der Waals surface area (Å²) in [6.45, 7) is 2.02. The molecule has 0 amide bonds. The topological polar surface area (TPSA) is 43.2 Å². The first-order valence-electron chi connectivity index (χ1n) is 5.16. The van der Waals surface area contributed by atoms with Crippen LogP contribution in [0.2, 0.25) is 0 Å². The Bertz CT molecular complexity index is 360. The van der Waals surface area contributed by atoms with Gasteiger partial charge in [0.05, 0.1) is 5.69 Å². The second-order valence-electron chi connectivity index (χ2n) is 3.49. The number of aryl methyl sites for hydroxylation is 1. The Labute approximate surface area is 96.3 Å². The molecule has 0 atom stereocenters. The third-order valence-electron chi connectivity index (χ3n) is 2.43. The van der Waals surface area contributed by atoms with Crippen molar-refractivity contribution in [3.05, 3.63) is 29.3 Å². The molecule has 1 aromatic carbocycles. The van der Waals surface area contributed by atoms with Crippen molar-refractivity contribution >= 4 is 5.69 Å². The average molecular weight is 222 g/mol. The minimum absolute atomic E-state index is 0.243. The summed E-state index contributed by atoms with van der Waals surface area (Å²) < 4.78 is 10.4. The number of benzene rings is 1. The summed E-state index contributed by atoms with van der Waals surface area (Å²) in [7, 11) is 4.93. The summed E-state index contributed by atoms with van der Waals surface area (Å²) in [6, 6.07) is 6.03. The van der Waals surface area contributed by atoms with E-state index in [0.29, 0.717) is 6.42 Å². The van der Waals surface area contributed by atoms with Crippen molar-refractivity contribution in [3.8, 4) is 0 Å². The molecule has 16 heavy (non-hydrogen) atoms. The molecule has 1 rings (SSSR count). The van der Waals surface area contributed by atoms with Gasteiger partial charge in [-0.15, -0.1) is 0 Å². The van der Waals surface area contributed by atoms with Gasteiger partial charge in [0.2, 0.25) is 0 Å². The van der Waals surface area contributed by atoms with Crippen molar-refractivity contribution in [2.75, 3.05) is 21.3 Å². The first-order valence-corrected chi connectivity index (χ1v) is 5.16. The fourth-order valence-corrected chi connectivity index (χ4v) is 1.57. The first kappa shape index (κ1) is 12.8. The zero-order valence-electron chi connectivity index (χ0n) is 10.2. The summed E-state index contributed by atoms with van der Waals surface area (Å²) in [4.78, 5) is 0. The monoisotopic (exact) mass is 222 g/mol. The van der Waals surface area contributed by atoms with E-state index in [0.717, 1.165) is 16.8 Å². The van der Waals surface area contributed by atoms with Gasteiger partial charge in [0.1, 0.15) is 0 Å². The van der Waals surface area contributed by atoms with Crippen LogP contribution in [0.1, 0.15) is 11.1 Å². The maximum absolute atomic E-state index is 5.18. The van der Waals surface area contributed by atoms with E-state index in [2.05, 4.69) is 10.2 Å². The zero-order chi connectivity index (χ0) is 12.0. The van der Waals surface area contributed by atoms with E-state index in [4.69, 9.17) is 9.47 Å². The van der Waals surface area contributed by atoms with Crippen LogP contribution >= 0.6 is 0 Å². The highest BCUT2D eigenvalue weighted by Gasteiger charge is 2.11. The predicted octanol–water partition coefficient (Wildman–Crippen LogP) is 2.87. The standard InChI is InChI=1S/C12H18N2O2/c1-9-6-5-7-10(12(9)14-13-2)8-11(15-3)16-4/h5-7,11H,8H2,1-4H3. The lowest BCUT2D eigenvalue weighted by molar-refractivity contribution is -0.100. The minimum Gasteiger partial charge on any atom is -0.356 e. The molecule has 0 aromatic heterocycles. The highest BCUT2D eigenvalue weighted by Crippen LogP contribution is 2.25. The van der Waals surface area contributed by atoms with E-state index in [-0.39, 0.29) is 6.29 Å². The molecule has 0 aliphatic heterocycles. The Morgan fingerprint density at radius 1 is 1.25 bits per heavy atom. The minimum atomic E-state index is -0.243. The highest BCUT2D eigenvalue weighted by molar-refractivity contribution is 5.52. The van der Waals surface area contributed by atoms with E-state index in [9.17, 15) is 0 Å². The maximum Gasteiger partial charge on any atom is 0.160 e. The fraction of sp³-hybridized carbons (Fsp3) is 0.500. The van der Waals surface area contributed by atoms with Gasteiger partial charge in [0, 0.05) is 27.7 Å². The number of ether oxygens (including phenoxy) is 2. The molecule has 1 aromatic rings. The Balaban J connectivity index is 2.98. The molecular weight excluding hydrogens is 204 g/mol. The first-order chi connectivity index (χ1) is 7.72. The highest BCUT2D eigenvalue weighted by atomic mass is 16.7. The van der Waals surface area contributed by atoms with Gasteiger partial charge in [-0.3, -0.25) is 0 Å². The summed E-state index contributed by atoms with van der Waals surface area (Å²) in [5.41, 5.74) is 3.09. The lowest BCUT2D eigenvalue weighted by Gasteiger charge is -2.15. The molecule has 0 N–H and O–H groups in total. The Hall–Kier alpha value is -1.26. The van der Waals surface area contributed by atoms with Crippen LogP contribution in [0, 0.1) is 6.92 Å². The second kappa shape index (κ2) is 6.35. The molecule has 0 spiro atoms. The van der Waals surface area contributed by atoms with Crippen LogP contribution in [0.5, 0.6) is 0 Å². The quantitative estimate of drug-likeness (QED) is 0.568. The van der Waals surface area contributed by atoms with Crippen molar-refractivity contribution in [2.24, 2.45) is 10.2 Å². The second-order valence-corrected chi connectivity index (χ2v) is 3.49. The number of hydrogen-bond donors (Lipinski definition) is 0. The number of nitrogens with zero attached hydrogens (tertiary/aromatic N) is 2. The molecule has 88 valence electrons. The van der Waals surface area contributed by atoms with Crippen LogP contribution in [0.15, 0.2) is 28.4 Å². The summed E-state index contributed by atoms with van der Waals surface area (Å²) >= 11 is 0. The molecule has 0 heterocycles. The smallest absolute Gasteiger partial charge is 0.160 e. The predicted molar refractivity (Wildman–Crippen MR) is 63.1 cm³/mol. The molecular formula is C12H18N2O2. The van der Waals surface area contributed by atoms with Gasteiger partial charge < -0.3 is 9.47 Å². The van der Waals surface area contributed by atoms with E-state index >= 15 is 0 Å². The number of rotatable bonds is 5. The lowest BCUT2D eigenvalue weighted by Crippen LogP contribution is -2.16. The van der Waals surface area contributed by atoms with Crippen molar-refractivity contribution in [1.29, 1.82) is 0 Å².